The van der Waals surface area contributed by atoms with Gasteiger partial charge < -0.3 is 0 Å². The lowest BCUT2D eigenvalue weighted by Crippen LogP contribution is -2.12. The van der Waals surface area contributed by atoms with E-state index in [4.69, 9.17) is 0 Å². The van der Waals surface area contributed by atoms with Crippen LogP contribution >= 0.6 is 0 Å². The average Bonchev–Trinajstić information content (AvgIpc) is 2.68. The zero-order valence-corrected chi connectivity index (χ0v) is 9.17. The summed E-state index contributed by atoms with van der Waals surface area (Å²) >= 11 is 0. The fourth-order valence-corrected chi connectivity index (χ4v) is 2.33. The third-order valence-electron chi connectivity index (χ3n) is 3.27. The van der Waals surface area contributed by atoms with Crippen LogP contribution in [0.4, 0.5) is 8.78 Å². The molecule has 1 nitrogen and oxygen atoms in total. The normalized spacial score (nSPS) is 24.7. The molecule has 0 radical (unpaired) electrons. The van der Waals surface area contributed by atoms with Crippen LogP contribution in [0.5, 0.6) is 0 Å². The monoisotopic (exact) mass is 224 g/mol. The SMILES string of the molecule is CC1CCC(C(=O)c2ccc(F)c(F)c2)C1. The minimum Gasteiger partial charge on any atom is -0.294 e. The van der Waals surface area contributed by atoms with Crippen molar-refractivity contribution in [1.29, 1.82) is 0 Å². The predicted octanol–water partition coefficient (Wildman–Crippen LogP) is 3.58. The number of carbonyl (C=O) groups excluding carboxylic acids is 1. The van der Waals surface area contributed by atoms with Gasteiger partial charge in [0.2, 0.25) is 0 Å². The Hall–Kier alpha value is -1.25. The molecule has 1 fully saturated rings. The van der Waals surface area contributed by atoms with Gasteiger partial charge >= 0.3 is 0 Å². The van der Waals surface area contributed by atoms with Crippen molar-refractivity contribution in [1.82, 2.24) is 0 Å². The quantitative estimate of drug-likeness (QED) is 0.702. The van der Waals surface area contributed by atoms with E-state index < -0.39 is 11.6 Å². The van der Waals surface area contributed by atoms with Crippen LogP contribution in [0.25, 0.3) is 0 Å². The number of Topliss-reactive ketones (excluding diaryl/α,β-unsaturated/α-hetero) is 1. The number of halogens is 2. The Labute approximate surface area is 93.5 Å². The zero-order valence-electron chi connectivity index (χ0n) is 9.17. The second-order valence-electron chi connectivity index (χ2n) is 4.61. The molecule has 0 spiro atoms. The second-order valence-corrected chi connectivity index (χ2v) is 4.61. The summed E-state index contributed by atoms with van der Waals surface area (Å²) < 4.78 is 25.7. The van der Waals surface area contributed by atoms with Gasteiger partial charge in [-0.15, -0.1) is 0 Å². The van der Waals surface area contributed by atoms with Crippen molar-refractivity contribution < 1.29 is 13.6 Å². The van der Waals surface area contributed by atoms with Crippen LogP contribution in [0.1, 0.15) is 36.5 Å². The van der Waals surface area contributed by atoms with Crippen LogP contribution in [-0.2, 0) is 0 Å². The van der Waals surface area contributed by atoms with E-state index in [9.17, 15) is 13.6 Å². The largest absolute Gasteiger partial charge is 0.294 e. The van der Waals surface area contributed by atoms with E-state index in [2.05, 4.69) is 6.92 Å². The Kier molecular flexibility index (Phi) is 3.03. The Morgan fingerprint density at radius 2 is 2.00 bits per heavy atom. The number of hydrogen-bond acceptors (Lipinski definition) is 1. The molecular formula is C13H14F2O. The van der Waals surface area contributed by atoms with Gasteiger partial charge in [-0.25, -0.2) is 8.78 Å². The molecule has 2 atom stereocenters. The molecule has 0 N–H and O–H groups in total. The molecule has 1 aliphatic carbocycles. The molecule has 0 heterocycles. The van der Waals surface area contributed by atoms with Gasteiger partial charge in [0.25, 0.3) is 0 Å². The van der Waals surface area contributed by atoms with Crippen LogP contribution < -0.4 is 0 Å². The topological polar surface area (TPSA) is 17.1 Å². The van der Waals surface area contributed by atoms with E-state index in [-0.39, 0.29) is 17.3 Å². The smallest absolute Gasteiger partial charge is 0.166 e. The first-order valence-corrected chi connectivity index (χ1v) is 5.57. The first-order valence-electron chi connectivity index (χ1n) is 5.57. The summed E-state index contributed by atoms with van der Waals surface area (Å²) in [6.45, 7) is 2.11. The maximum atomic E-state index is 13.0. The van der Waals surface area contributed by atoms with Gasteiger partial charge in [-0.2, -0.15) is 0 Å². The number of hydrogen-bond donors (Lipinski definition) is 0. The third-order valence-corrected chi connectivity index (χ3v) is 3.27. The fourth-order valence-electron chi connectivity index (χ4n) is 2.33. The fraction of sp³-hybridized carbons (Fsp3) is 0.462. The highest BCUT2D eigenvalue weighted by molar-refractivity contribution is 5.98. The second kappa shape index (κ2) is 4.32. The van der Waals surface area contributed by atoms with Gasteiger partial charge in [-0.1, -0.05) is 6.92 Å². The van der Waals surface area contributed by atoms with Gasteiger partial charge in [0.1, 0.15) is 0 Å². The van der Waals surface area contributed by atoms with Crippen molar-refractivity contribution in [3.8, 4) is 0 Å². The van der Waals surface area contributed by atoms with Crippen molar-refractivity contribution in [3.05, 3.63) is 35.4 Å². The Balaban J connectivity index is 2.18. The number of ketones is 1. The molecule has 1 aliphatic rings. The summed E-state index contributed by atoms with van der Waals surface area (Å²) in [5.41, 5.74) is 0.290. The minimum atomic E-state index is -0.947. The zero-order chi connectivity index (χ0) is 11.7. The standard InChI is InChI=1S/C13H14F2O/c1-8-2-3-9(6-8)13(16)10-4-5-11(14)12(15)7-10/h4-5,7-9H,2-3,6H2,1H3. The van der Waals surface area contributed by atoms with Crippen molar-refractivity contribution in [2.24, 2.45) is 11.8 Å². The summed E-state index contributed by atoms with van der Waals surface area (Å²) in [5, 5.41) is 0. The number of benzene rings is 1. The van der Waals surface area contributed by atoms with Gasteiger partial charge in [-0.3, -0.25) is 4.79 Å². The lowest BCUT2D eigenvalue weighted by Gasteiger charge is -2.08. The molecule has 0 amide bonds. The summed E-state index contributed by atoms with van der Waals surface area (Å²) in [5.74, 6) is -1.37. The first-order chi connectivity index (χ1) is 7.58. The Bertz CT molecular complexity index is 414. The van der Waals surface area contributed by atoms with Crippen LogP contribution in [-0.4, -0.2) is 5.78 Å². The van der Waals surface area contributed by atoms with Crippen LogP contribution in [0.15, 0.2) is 18.2 Å². The highest BCUT2D eigenvalue weighted by atomic mass is 19.2. The highest BCUT2D eigenvalue weighted by Gasteiger charge is 2.28. The highest BCUT2D eigenvalue weighted by Crippen LogP contribution is 2.32. The van der Waals surface area contributed by atoms with Crippen molar-refractivity contribution >= 4 is 5.78 Å². The van der Waals surface area contributed by atoms with Gasteiger partial charge in [-0.05, 0) is 43.4 Å². The molecule has 16 heavy (non-hydrogen) atoms. The molecular weight excluding hydrogens is 210 g/mol. The van der Waals surface area contributed by atoms with Crippen LogP contribution in [0.3, 0.4) is 0 Å². The molecule has 2 rings (SSSR count). The molecule has 0 bridgehead atoms. The maximum Gasteiger partial charge on any atom is 0.166 e. The number of rotatable bonds is 2. The van der Waals surface area contributed by atoms with Gasteiger partial charge in [0.05, 0.1) is 0 Å². The number of carbonyl (C=O) groups is 1. The van der Waals surface area contributed by atoms with E-state index in [0.717, 1.165) is 31.4 Å². The van der Waals surface area contributed by atoms with E-state index in [0.29, 0.717) is 5.92 Å². The van der Waals surface area contributed by atoms with E-state index in [1.807, 2.05) is 0 Å². The summed E-state index contributed by atoms with van der Waals surface area (Å²) in [4.78, 5) is 12.0. The first kappa shape index (κ1) is 11.2. The predicted molar refractivity (Wildman–Crippen MR) is 57.2 cm³/mol. The molecule has 1 aromatic carbocycles. The summed E-state index contributed by atoms with van der Waals surface area (Å²) in [6.07, 6.45) is 2.76. The molecule has 2 unspecified atom stereocenters. The van der Waals surface area contributed by atoms with Crippen molar-refractivity contribution in [2.75, 3.05) is 0 Å². The average molecular weight is 224 g/mol. The third kappa shape index (κ3) is 2.13. The van der Waals surface area contributed by atoms with Crippen molar-refractivity contribution in [3.63, 3.8) is 0 Å². The molecule has 1 saturated carbocycles. The van der Waals surface area contributed by atoms with Gasteiger partial charge in [0, 0.05) is 11.5 Å². The molecule has 3 heteroatoms. The lowest BCUT2D eigenvalue weighted by atomic mass is 9.95. The molecule has 1 aromatic rings. The summed E-state index contributed by atoms with van der Waals surface area (Å²) in [7, 11) is 0. The Morgan fingerprint density at radius 3 is 2.56 bits per heavy atom. The summed E-state index contributed by atoms with van der Waals surface area (Å²) in [6, 6.07) is 3.38. The molecule has 86 valence electrons. The van der Waals surface area contributed by atoms with E-state index >= 15 is 0 Å². The Morgan fingerprint density at radius 1 is 1.25 bits per heavy atom. The van der Waals surface area contributed by atoms with E-state index in [1.54, 1.807) is 0 Å². The molecule has 0 saturated heterocycles. The van der Waals surface area contributed by atoms with Crippen LogP contribution in [0.2, 0.25) is 0 Å². The van der Waals surface area contributed by atoms with Gasteiger partial charge in [0.15, 0.2) is 17.4 Å². The van der Waals surface area contributed by atoms with E-state index in [1.165, 1.54) is 6.07 Å². The maximum absolute atomic E-state index is 13.0. The molecule has 0 aromatic heterocycles. The minimum absolute atomic E-state index is 0.0140. The van der Waals surface area contributed by atoms with Crippen LogP contribution in [0, 0.1) is 23.5 Å². The lowest BCUT2D eigenvalue weighted by molar-refractivity contribution is 0.0920. The molecule has 0 aliphatic heterocycles. The van der Waals surface area contributed by atoms with Crippen molar-refractivity contribution in [2.45, 2.75) is 26.2 Å².